The molecule has 1 N–H and O–H groups in total. The van der Waals surface area contributed by atoms with Crippen molar-refractivity contribution in [2.75, 3.05) is 32.4 Å². The first-order valence-corrected chi connectivity index (χ1v) is 10.6. The molecule has 3 rings (SSSR count). The molecular weight excluding hydrogens is 380 g/mol. The van der Waals surface area contributed by atoms with Gasteiger partial charge in [0.1, 0.15) is 5.56 Å². The Labute approximate surface area is 153 Å². The highest BCUT2D eigenvalue weighted by atomic mass is 32.2. The van der Waals surface area contributed by atoms with Gasteiger partial charge in [0, 0.05) is 37.3 Å². The summed E-state index contributed by atoms with van der Waals surface area (Å²) in [6.45, 7) is 0.828. The number of rotatable bonds is 4. The number of aromatic nitrogens is 2. The van der Waals surface area contributed by atoms with Gasteiger partial charge in [0.2, 0.25) is 10.0 Å². The van der Waals surface area contributed by atoms with Gasteiger partial charge in [-0.1, -0.05) is 6.07 Å². The molecule has 0 bridgehead atoms. The van der Waals surface area contributed by atoms with Gasteiger partial charge in [0.05, 0.1) is 12.8 Å². The van der Waals surface area contributed by atoms with Crippen LogP contribution < -0.4 is 11.2 Å². The van der Waals surface area contributed by atoms with Gasteiger partial charge in [-0.2, -0.15) is 4.31 Å². The molecular formula is C15H18N4O5S2. The second-order valence-electron chi connectivity index (χ2n) is 5.93. The molecule has 140 valence electrons. The third-order valence-corrected chi connectivity index (χ3v) is 6.34. The molecule has 0 radical (unpaired) electrons. The van der Waals surface area contributed by atoms with Crippen molar-refractivity contribution in [1.29, 1.82) is 0 Å². The molecule has 0 atom stereocenters. The first kappa shape index (κ1) is 18.5. The van der Waals surface area contributed by atoms with Crippen LogP contribution in [0.3, 0.4) is 0 Å². The van der Waals surface area contributed by atoms with Gasteiger partial charge in [0.15, 0.2) is 0 Å². The maximum Gasteiger partial charge on any atom is 0.328 e. The van der Waals surface area contributed by atoms with Gasteiger partial charge in [-0.15, -0.1) is 11.3 Å². The van der Waals surface area contributed by atoms with Crippen molar-refractivity contribution < 1.29 is 13.2 Å². The summed E-state index contributed by atoms with van der Waals surface area (Å²) in [6, 6.07) is 3.62. The molecule has 1 amide bonds. The summed E-state index contributed by atoms with van der Waals surface area (Å²) in [4.78, 5) is 41.9. The summed E-state index contributed by atoms with van der Waals surface area (Å²) in [5.74, 6) is -0.515. The zero-order valence-electron chi connectivity index (χ0n) is 14.0. The molecule has 11 heteroatoms. The van der Waals surface area contributed by atoms with E-state index < -0.39 is 27.2 Å². The molecule has 1 fully saturated rings. The number of piperazine rings is 1. The Morgan fingerprint density at radius 1 is 1.23 bits per heavy atom. The summed E-state index contributed by atoms with van der Waals surface area (Å²) >= 11 is 1.41. The number of thiophene rings is 1. The van der Waals surface area contributed by atoms with E-state index in [9.17, 15) is 22.8 Å². The van der Waals surface area contributed by atoms with E-state index in [1.807, 2.05) is 11.4 Å². The fourth-order valence-corrected chi connectivity index (χ4v) is 4.28. The maximum atomic E-state index is 12.7. The van der Waals surface area contributed by atoms with E-state index in [4.69, 9.17) is 0 Å². The van der Waals surface area contributed by atoms with E-state index in [1.54, 1.807) is 6.07 Å². The van der Waals surface area contributed by atoms with E-state index in [1.165, 1.54) is 20.5 Å². The molecule has 2 aromatic rings. The van der Waals surface area contributed by atoms with Gasteiger partial charge in [-0.3, -0.25) is 14.2 Å². The number of aromatic amines is 1. The molecule has 0 aromatic carbocycles. The number of sulfonamides is 1. The van der Waals surface area contributed by atoms with Crippen LogP contribution in [0.2, 0.25) is 0 Å². The van der Waals surface area contributed by atoms with Gasteiger partial charge >= 0.3 is 5.69 Å². The van der Waals surface area contributed by atoms with Crippen LogP contribution in [0.25, 0.3) is 0 Å². The number of H-pyrrole nitrogens is 1. The van der Waals surface area contributed by atoms with Crippen molar-refractivity contribution in [1.82, 2.24) is 18.8 Å². The van der Waals surface area contributed by atoms with E-state index in [2.05, 4.69) is 4.98 Å². The number of amides is 1. The second kappa shape index (κ2) is 7.17. The van der Waals surface area contributed by atoms with Gasteiger partial charge in [0.25, 0.3) is 11.5 Å². The van der Waals surface area contributed by atoms with Crippen LogP contribution >= 0.6 is 11.3 Å². The minimum atomic E-state index is -3.31. The summed E-state index contributed by atoms with van der Waals surface area (Å²) in [7, 11) is -3.31. The molecule has 9 nitrogen and oxygen atoms in total. The number of nitrogens with one attached hydrogen (secondary N) is 1. The predicted octanol–water partition coefficient (Wildman–Crippen LogP) is -0.636. The molecule has 1 aliphatic rings. The standard InChI is InChI=1S/C15H18N4O5S2/c1-26(23,24)18-6-4-17(5-7-18)13(20)12-9-16-15(22)19(14(12)21)10-11-3-2-8-25-11/h2-3,8-9H,4-7,10H2,1H3,(H,16,22). The fourth-order valence-electron chi connectivity index (χ4n) is 2.76. The number of nitrogens with zero attached hydrogens (tertiary/aromatic N) is 3. The lowest BCUT2D eigenvalue weighted by Gasteiger charge is -2.33. The highest BCUT2D eigenvalue weighted by molar-refractivity contribution is 7.88. The quantitative estimate of drug-likeness (QED) is 0.736. The van der Waals surface area contributed by atoms with Crippen LogP contribution in [-0.4, -0.2) is 65.5 Å². The molecule has 26 heavy (non-hydrogen) atoms. The first-order chi connectivity index (χ1) is 12.3. The Morgan fingerprint density at radius 3 is 2.50 bits per heavy atom. The minimum Gasteiger partial charge on any atom is -0.336 e. The van der Waals surface area contributed by atoms with Crippen LogP contribution in [0.1, 0.15) is 15.2 Å². The lowest BCUT2D eigenvalue weighted by molar-refractivity contribution is 0.0695. The average molecular weight is 398 g/mol. The highest BCUT2D eigenvalue weighted by Crippen LogP contribution is 2.10. The zero-order valence-corrected chi connectivity index (χ0v) is 15.7. The molecule has 3 heterocycles. The van der Waals surface area contributed by atoms with Crippen molar-refractivity contribution in [3.63, 3.8) is 0 Å². The molecule has 1 saturated heterocycles. The van der Waals surface area contributed by atoms with Crippen molar-refractivity contribution >= 4 is 27.3 Å². The fraction of sp³-hybridized carbons (Fsp3) is 0.400. The Bertz CT molecular complexity index is 1020. The first-order valence-electron chi connectivity index (χ1n) is 7.86. The maximum absolute atomic E-state index is 12.7. The number of carbonyl (C=O) groups excluding carboxylic acids is 1. The van der Waals surface area contributed by atoms with Gasteiger partial charge < -0.3 is 9.88 Å². The summed E-state index contributed by atoms with van der Waals surface area (Å²) < 4.78 is 25.4. The lowest BCUT2D eigenvalue weighted by atomic mass is 10.2. The average Bonchev–Trinajstić information content (AvgIpc) is 3.11. The minimum absolute atomic E-state index is 0.0921. The van der Waals surface area contributed by atoms with Crippen molar-refractivity contribution in [3.05, 3.63) is 55.0 Å². The van der Waals surface area contributed by atoms with Crippen molar-refractivity contribution in [3.8, 4) is 0 Å². The van der Waals surface area contributed by atoms with Crippen LogP contribution in [0.5, 0.6) is 0 Å². The van der Waals surface area contributed by atoms with E-state index in [0.29, 0.717) is 0 Å². The van der Waals surface area contributed by atoms with Crippen LogP contribution in [0, 0.1) is 0 Å². The third-order valence-electron chi connectivity index (χ3n) is 4.18. The zero-order chi connectivity index (χ0) is 18.9. The predicted molar refractivity (Wildman–Crippen MR) is 97.1 cm³/mol. The Balaban J connectivity index is 1.82. The topological polar surface area (TPSA) is 113 Å². The van der Waals surface area contributed by atoms with E-state index >= 15 is 0 Å². The normalized spacial score (nSPS) is 16.0. The van der Waals surface area contributed by atoms with Crippen molar-refractivity contribution in [2.45, 2.75) is 6.54 Å². The number of hydrogen-bond acceptors (Lipinski definition) is 6. The SMILES string of the molecule is CS(=O)(=O)N1CCN(C(=O)c2c[nH]c(=O)n(Cc3cccs3)c2=O)CC1. The van der Waals surface area contributed by atoms with E-state index in [-0.39, 0.29) is 38.3 Å². The number of hydrogen-bond donors (Lipinski definition) is 1. The highest BCUT2D eigenvalue weighted by Gasteiger charge is 2.28. The molecule has 0 saturated carbocycles. The lowest BCUT2D eigenvalue weighted by Crippen LogP contribution is -2.51. The molecule has 1 aliphatic heterocycles. The van der Waals surface area contributed by atoms with Crippen LogP contribution in [0.4, 0.5) is 0 Å². The molecule has 0 aliphatic carbocycles. The Morgan fingerprint density at radius 2 is 1.92 bits per heavy atom. The Hall–Kier alpha value is -2.24. The van der Waals surface area contributed by atoms with Gasteiger partial charge in [-0.25, -0.2) is 13.2 Å². The smallest absolute Gasteiger partial charge is 0.328 e. The van der Waals surface area contributed by atoms with Crippen molar-refractivity contribution in [2.24, 2.45) is 0 Å². The summed E-state index contributed by atoms with van der Waals surface area (Å²) in [5.41, 5.74) is -1.37. The summed E-state index contributed by atoms with van der Waals surface area (Å²) in [5, 5.41) is 1.84. The largest absolute Gasteiger partial charge is 0.336 e. The summed E-state index contributed by atoms with van der Waals surface area (Å²) in [6.07, 6.45) is 2.25. The van der Waals surface area contributed by atoms with Crippen LogP contribution in [-0.2, 0) is 16.6 Å². The monoisotopic (exact) mass is 398 g/mol. The second-order valence-corrected chi connectivity index (χ2v) is 8.95. The molecule has 2 aromatic heterocycles. The van der Waals surface area contributed by atoms with Crippen LogP contribution in [0.15, 0.2) is 33.3 Å². The molecule has 0 spiro atoms. The molecule has 0 unspecified atom stereocenters. The number of carbonyl (C=O) groups is 1. The third kappa shape index (κ3) is 3.79. The Kier molecular flexibility index (Phi) is 5.12. The van der Waals surface area contributed by atoms with Gasteiger partial charge in [-0.05, 0) is 11.4 Å². The van der Waals surface area contributed by atoms with E-state index in [0.717, 1.165) is 21.9 Å².